The predicted molar refractivity (Wildman–Crippen MR) is 107 cm³/mol. The molecule has 2 aliphatic heterocycles. The molecular formula is C16H32IN5O2. The number of guanidine groups is 1. The number of nitrogens with zero attached hydrogens (tertiary/aromatic N) is 4. The third kappa shape index (κ3) is 5.19. The molecule has 2 aliphatic rings. The Labute approximate surface area is 162 Å². The molecule has 0 amide bonds. The second kappa shape index (κ2) is 9.76. The highest BCUT2D eigenvalue weighted by molar-refractivity contribution is 14.0. The Morgan fingerprint density at radius 1 is 1.25 bits per heavy atom. The molecule has 0 saturated carbocycles. The third-order valence-electron chi connectivity index (χ3n) is 5.10. The van der Waals surface area contributed by atoms with Crippen LogP contribution in [-0.2, 0) is 9.53 Å². The van der Waals surface area contributed by atoms with Crippen LogP contribution < -0.4 is 5.32 Å². The highest BCUT2D eigenvalue weighted by Crippen LogP contribution is 2.24. The smallest absolute Gasteiger partial charge is 0.310 e. The molecular weight excluding hydrogens is 421 g/mol. The van der Waals surface area contributed by atoms with Gasteiger partial charge in [0.05, 0.1) is 13.0 Å². The number of likely N-dealkylation sites (N-methyl/N-ethyl adjacent to an activating group) is 2. The average molecular weight is 453 g/mol. The van der Waals surface area contributed by atoms with Gasteiger partial charge >= 0.3 is 5.97 Å². The van der Waals surface area contributed by atoms with Gasteiger partial charge in [0, 0.05) is 52.4 Å². The van der Waals surface area contributed by atoms with Crippen LogP contribution in [0.4, 0.5) is 0 Å². The van der Waals surface area contributed by atoms with E-state index in [0.717, 1.165) is 38.7 Å². The van der Waals surface area contributed by atoms with Crippen LogP contribution in [0.1, 0.15) is 6.92 Å². The summed E-state index contributed by atoms with van der Waals surface area (Å²) in [5, 5.41) is 3.49. The molecule has 0 aromatic carbocycles. The number of carbonyl (C=O) groups is 1. The molecule has 0 aromatic rings. The van der Waals surface area contributed by atoms with E-state index in [0.29, 0.717) is 12.6 Å². The Kier molecular flexibility index (Phi) is 8.72. The number of nitrogens with one attached hydrogen (secondary N) is 1. The molecule has 24 heavy (non-hydrogen) atoms. The molecule has 0 bridgehead atoms. The van der Waals surface area contributed by atoms with Crippen molar-refractivity contribution in [2.45, 2.75) is 13.0 Å². The first-order chi connectivity index (χ1) is 11.0. The van der Waals surface area contributed by atoms with Gasteiger partial charge in [-0.15, -0.1) is 24.0 Å². The molecule has 1 N–H and O–H groups in total. The molecule has 3 atom stereocenters. The van der Waals surface area contributed by atoms with E-state index in [9.17, 15) is 4.79 Å². The van der Waals surface area contributed by atoms with Crippen molar-refractivity contribution in [3.8, 4) is 0 Å². The molecule has 2 rings (SSSR count). The quantitative estimate of drug-likeness (QED) is 0.285. The first-order valence-electron chi connectivity index (χ1n) is 8.38. The average Bonchev–Trinajstić information content (AvgIpc) is 2.92. The summed E-state index contributed by atoms with van der Waals surface area (Å²) in [4.78, 5) is 23.2. The maximum absolute atomic E-state index is 11.8. The van der Waals surface area contributed by atoms with Gasteiger partial charge in [-0.2, -0.15) is 0 Å². The highest BCUT2D eigenvalue weighted by atomic mass is 127. The lowest BCUT2D eigenvalue weighted by atomic mass is 9.99. The zero-order valence-electron chi connectivity index (χ0n) is 15.5. The Morgan fingerprint density at radius 2 is 1.96 bits per heavy atom. The first-order valence-corrected chi connectivity index (χ1v) is 8.38. The van der Waals surface area contributed by atoms with Crippen LogP contribution in [0, 0.1) is 11.8 Å². The van der Waals surface area contributed by atoms with Gasteiger partial charge in [0.25, 0.3) is 0 Å². The van der Waals surface area contributed by atoms with Gasteiger partial charge in [-0.1, -0.05) is 6.92 Å². The number of rotatable bonds is 3. The number of hydrogen-bond donors (Lipinski definition) is 1. The monoisotopic (exact) mass is 453 g/mol. The number of halogens is 1. The fraction of sp³-hybridized carbons (Fsp3) is 0.875. The predicted octanol–water partition coefficient (Wildman–Crippen LogP) is 0.167. The van der Waals surface area contributed by atoms with Crippen LogP contribution in [-0.4, -0.2) is 100 Å². The van der Waals surface area contributed by atoms with Crippen LogP contribution in [0.2, 0.25) is 0 Å². The lowest BCUT2D eigenvalue weighted by Gasteiger charge is -2.38. The number of hydrogen-bond acceptors (Lipinski definition) is 5. The molecule has 0 spiro atoms. The summed E-state index contributed by atoms with van der Waals surface area (Å²) < 4.78 is 4.91. The molecule has 3 unspecified atom stereocenters. The van der Waals surface area contributed by atoms with Gasteiger partial charge in [-0.3, -0.25) is 14.7 Å². The summed E-state index contributed by atoms with van der Waals surface area (Å²) >= 11 is 0. The van der Waals surface area contributed by atoms with Gasteiger partial charge < -0.3 is 19.9 Å². The normalized spacial score (nSPS) is 29.3. The van der Waals surface area contributed by atoms with Crippen molar-refractivity contribution >= 4 is 35.9 Å². The van der Waals surface area contributed by atoms with Gasteiger partial charge in [-0.25, -0.2) is 0 Å². The summed E-state index contributed by atoms with van der Waals surface area (Å²) in [5.41, 5.74) is 0. The molecule has 0 radical (unpaired) electrons. The maximum Gasteiger partial charge on any atom is 0.310 e. The number of esters is 1. The number of likely N-dealkylation sites (tertiary alicyclic amines) is 1. The Balaban J connectivity index is 0.00000288. The molecule has 140 valence electrons. The first kappa shape index (κ1) is 21.4. The summed E-state index contributed by atoms with van der Waals surface area (Å²) in [6, 6.07) is 0.474. The van der Waals surface area contributed by atoms with Crippen molar-refractivity contribution in [3.63, 3.8) is 0 Å². The molecule has 7 nitrogen and oxygen atoms in total. The van der Waals surface area contributed by atoms with Crippen molar-refractivity contribution in [3.05, 3.63) is 0 Å². The van der Waals surface area contributed by atoms with Gasteiger partial charge in [0.1, 0.15) is 0 Å². The van der Waals surface area contributed by atoms with Crippen LogP contribution in [0.3, 0.4) is 0 Å². The van der Waals surface area contributed by atoms with E-state index in [1.165, 1.54) is 7.11 Å². The number of ether oxygens (including phenoxy) is 1. The van der Waals surface area contributed by atoms with E-state index in [1.54, 1.807) is 7.05 Å². The fourth-order valence-electron chi connectivity index (χ4n) is 3.46. The summed E-state index contributed by atoms with van der Waals surface area (Å²) in [6.07, 6.45) is 0. The standard InChI is InChI=1S/C16H31N5O2.HI/c1-12-9-21(11-14(12)15(22)23-5)16(17-2)18-8-13-10-19(3)6-7-20(13)4;/h12-14H,6-11H2,1-5H3,(H,17,18);1H. The Morgan fingerprint density at radius 3 is 2.58 bits per heavy atom. The van der Waals surface area contributed by atoms with Crippen LogP contribution in [0.5, 0.6) is 0 Å². The summed E-state index contributed by atoms with van der Waals surface area (Å²) in [5.74, 6) is 0.973. The van der Waals surface area contributed by atoms with Gasteiger partial charge in [0.15, 0.2) is 5.96 Å². The number of methoxy groups -OCH3 is 1. The minimum absolute atomic E-state index is 0. The number of carbonyl (C=O) groups excluding carboxylic acids is 1. The van der Waals surface area contributed by atoms with E-state index in [1.807, 2.05) is 0 Å². The van der Waals surface area contributed by atoms with E-state index >= 15 is 0 Å². The van der Waals surface area contributed by atoms with Crippen LogP contribution in [0.25, 0.3) is 0 Å². The van der Waals surface area contributed by atoms with Crippen molar-refractivity contribution in [1.82, 2.24) is 20.0 Å². The maximum atomic E-state index is 11.8. The van der Waals surface area contributed by atoms with Crippen molar-refractivity contribution < 1.29 is 9.53 Å². The Bertz CT molecular complexity index is 448. The van der Waals surface area contributed by atoms with Crippen molar-refractivity contribution in [2.24, 2.45) is 16.8 Å². The van der Waals surface area contributed by atoms with E-state index in [2.05, 4.69) is 46.0 Å². The molecule has 2 fully saturated rings. The SMILES string of the molecule is CN=C(NCC1CN(C)CCN1C)N1CC(C)C(C(=O)OC)C1.I. The van der Waals surface area contributed by atoms with Gasteiger partial charge in [-0.05, 0) is 20.0 Å². The highest BCUT2D eigenvalue weighted by Gasteiger charge is 2.37. The van der Waals surface area contributed by atoms with Crippen LogP contribution >= 0.6 is 24.0 Å². The summed E-state index contributed by atoms with van der Waals surface area (Å²) in [7, 11) is 7.60. The Hall–Kier alpha value is -0.610. The molecule has 2 heterocycles. The summed E-state index contributed by atoms with van der Waals surface area (Å²) in [6.45, 7) is 7.73. The topological polar surface area (TPSA) is 60.4 Å². The minimum atomic E-state index is -0.121. The lowest BCUT2D eigenvalue weighted by molar-refractivity contribution is -0.145. The minimum Gasteiger partial charge on any atom is -0.469 e. The lowest BCUT2D eigenvalue weighted by Crippen LogP contribution is -2.55. The van der Waals surface area contributed by atoms with Crippen molar-refractivity contribution in [2.75, 3.05) is 67.5 Å². The fourth-order valence-corrected chi connectivity index (χ4v) is 3.46. The molecule has 0 aliphatic carbocycles. The molecule has 8 heteroatoms. The zero-order valence-corrected chi connectivity index (χ0v) is 17.8. The third-order valence-corrected chi connectivity index (χ3v) is 5.10. The second-order valence-electron chi connectivity index (χ2n) is 6.84. The van der Waals surface area contributed by atoms with E-state index < -0.39 is 0 Å². The number of aliphatic imine (C=N–C) groups is 1. The molecule has 2 saturated heterocycles. The zero-order chi connectivity index (χ0) is 17.0. The van der Waals surface area contributed by atoms with E-state index in [4.69, 9.17) is 4.74 Å². The van der Waals surface area contributed by atoms with Gasteiger partial charge in [0.2, 0.25) is 0 Å². The van der Waals surface area contributed by atoms with Crippen molar-refractivity contribution in [1.29, 1.82) is 0 Å². The van der Waals surface area contributed by atoms with Crippen LogP contribution in [0.15, 0.2) is 4.99 Å². The largest absolute Gasteiger partial charge is 0.469 e. The second-order valence-corrected chi connectivity index (χ2v) is 6.84. The number of piperazine rings is 1. The van der Waals surface area contributed by atoms with E-state index in [-0.39, 0.29) is 41.8 Å². The molecule has 0 aromatic heterocycles.